The zero-order valence-electron chi connectivity index (χ0n) is 9.90. The predicted molar refractivity (Wildman–Crippen MR) is 64.7 cm³/mol. The molecular weight excluding hydrogens is 224 g/mol. The Balaban J connectivity index is 2.87. The van der Waals surface area contributed by atoms with Gasteiger partial charge in [-0.2, -0.15) is 0 Å². The average molecular weight is 242 g/mol. The van der Waals surface area contributed by atoms with Crippen molar-refractivity contribution in [1.29, 1.82) is 0 Å². The van der Waals surface area contributed by atoms with Crippen molar-refractivity contribution >= 4 is 10.0 Å². The van der Waals surface area contributed by atoms with Gasteiger partial charge in [0.25, 0.3) is 0 Å². The van der Waals surface area contributed by atoms with Crippen molar-refractivity contribution < 1.29 is 8.42 Å². The Hall–Kier alpha value is -0.910. The summed E-state index contributed by atoms with van der Waals surface area (Å²) in [5.74, 6) is 0. The minimum atomic E-state index is -3.30. The van der Waals surface area contributed by atoms with Crippen LogP contribution in [-0.2, 0) is 16.6 Å². The third-order valence-corrected chi connectivity index (χ3v) is 4.11. The fourth-order valence-electron chi connectivity index (χ4n) is 1.26. The van der Waals surface area contributed by atoms with E-state index in [0.29, 0.717) is 4.90 Å². The lowest BCUT2D eigenvalue weighted by atomic mass is 10.2. The highest BCUT2D eigenvalue weighted by Gasteiger charge is 2.16. The summed E-state index contributed by atoms with van der Waals surface area (Å²) < 4.78 is 24.7. The topological polar surface area (TPSA) is 49.4 Å². The molecule has 0 aliphatic heterocycles. The van der Waals surface area contributed by atoms with Gasteiger partial charge >= 0.3 is 0 Å². The van der Waals surface area contributed by atoms with Crippen molar-refractivity contribution in [3.8, 4) is 0 Å². The molecule has 0 aromatic heterocycles. The highest BCUT2D eigenvalue weighted by molar-refractivity contribution is 7.89. The molecule has 0 amide bonds. The van der Waals surface area contributed by atoms with E-state index in [1.165, 1.54) is 18.4 Å². The van der Waals surface area contributed by atoms with E-state index in [-0.39, 0.29) is 0 Å². The molecule has 1 aromatic rings. The van der Waals surface area contributed by atoms with E-state index in [4.69, 9.17) is 0 Å². The maximum atomic E-state index is 11.8. The third kappa shape index (κ3) is 3.04. The number of hydrogen-bond acceptors (Lipinski definition) is 3. The summed E-state index contributed by atoms with van der Waals surface area (Å²) in [5, 5.41) is 3.19. The van der Waals surface area contributed by atoms with Crippen LogP contribution >= 0.6 is 0 Å². The Kier molecular flexibility index (Phi) is 4.46. The molecule has 4 nitrogen and oxygen atoms in total. The largest absolute Gasteiger partial charge is 0.313 e. The Morgan fingerprint density at radius 1 is 1.19 bits per heavy atom. The minimum absolute atomic E-state index is 0.331. The van der Waals surface area contributed by atoms with Crippen LogP contribution in [-0.4, -0.2) is 33.4 Å². The first kappa shape index (κ1) is 13.2. The van der Waals surface area contributed by atoms with Crippen molar-refractivity contribution in [1.82, 2.24) is 9.62 Å². The highest BCUT2D eigenvalue weighted by atomic mass is 32.2. The minimum Gasteiger partial charge on any atom is -0.313 e. The van der Waals surface area contributed by atoms with Gasteiger partial charge in [-0.25, -0.2) is 12.7 Å². The van der Waals surface area contributed by atoms with E-state index in [1.54, 1.807) is 12.1 Å². The molecule has 0 aliphatic carbocycles. The molecular formula is C11H18N2O2S. The van der Waals surface area contributed by atoms with Gasteiger partial charge in [-0.15, -0.1) is 0 Å². The second kappa shape index (κ2) is 5.43. The fourth-order valence-corrected chi connectivity index (χ4v) is 2.16. The first-order chi connectivity index (χ1) is 7.48. The molecule has 0 unspecified atom stereocenters. The molecule has 0 heterocycles. The van der Waals surface area contributed by atoms with Gasteiger partial charge in [0.05, 0.1) is 4.90 Å². The molecule has 1 N–H and O–H groups in total. The number of rotatable bonds is 5. The molecule has 0 bridgehead atoms. The molecule has 0 radical (unpaired) electrons. The van der Waals surface area contributed by atoms with E-state index >= 15 is 0 Å². The van der Waals surface area contributed by atoms with Gasteiger partial charge in [-0.1, -0.05) is 19.1 Å². The number of nitrogens with one attached hydrogen (secondary N) is 1. The lowest BCUT2D eigenvalue weighted by molar-refractivity contribution is 0.520. The van der Waals surface area contributed by atoms with E-state index in [1.807, 2.05) is 19.1 Å². The lowest BCUT2D eigenvalue weighted by Gasteiger charge is -2.11. The smallest absolute Gasteiger partial charge is 0.242 e. The lowest BCUT2D eigenvalue weighted by Crippen LogP contribution is -2.22. The Morgan fingerprint density at radius 2 is 1.75 bits per heavy atom. The first-order valence-electron chi connectivity index (χ1n) is 5.20. The summed E-state index contributed by atoms with van der Waals surface area (Å²) in [6, 6.07) is 6.95. The summed E-state index contributed by atoms with van der Waals surface area (Å²) in [7, 11) is -0.242. The normalized spacial score (nSPS) is 12.0. The van der Waals surface area contributed by atoms with Gasteiger partial charge in [0.1, 0.15) is 0 Å². The Bertz CT molecular complexity index is 424. The predicted octanol–water partition coefficient (Wildman–Crippen LogP) is 1.05. The summed E-state index contributed by atoms with van der Waals surface area (Å²) in [6.07, 6.45) is 0. The number of hydrogen-bond donors (Lipinski definition) is 1. The molecule has 5 heteroatoms. The molecule has 1 rings (SSSR count). The molecule has 90 valence electrons. The van der Waals surface area contributed by atoms with Crippen molar-refractivity contribution in [3.63, 3.8) is 0 Å². The van der Waals surface area contributed by atoms with E-state index in [9.17, 15) is 8.42 Å². The van der Waals surface area contributed by atoms with Gasteiger partial charge < -0.3 is 5.32 Å². The first-order valence-corrected chi connectivity index (χ1v) is 6.64. The van der Waals surface area contributed by atoms with Crippen LogP contribution in [0.1, 0.15) is 12.5 Å². The van der Waals surface area contributed by atoms with Crippen molar-refractivity contribution in [2.45, 2.75) is 18.4 Å². The summed E-state index contributed by atoms with van der Waals surface area (Å²) >= 11 is 0. The second-order valence-electron chi connectivity index (χ2n) is 3.71. The van der Waals surface area contributed by atoms with Crippen LogP contribution in [0, 0.1) is 0 Å². The van der Waals surface area contributed by atoms with E-state index in [0.717, 1.165) is 18.7 Å². The molecule has 1 aromatic carbocycles. The van der Waals surface area contributed by atoms with Crippen molar-refractivity contribution in [2.75, 3.05) is 20.6 Å². The molecule has 0 aliphatic rings. The van der Waals surface area contributed by atoms with E-state index < -0.39 is 10.0 Å². The van der Waals surface area contributed by atoms with Crippen LogP contribution < -0.4 is 5.32 Å². The molecule has 0 atom stereocenters. The summed E-state index contributed by atoms with van der Waals surface area (Å²) in [6.45, 7) is 3.70. The van der Waals surface area contributed by atoms with Crippen LogP contribution in [0.25, 0.3) is 0 Å². The number of nitrogens with zero attached hydrogens (tertiary/aromatic N) is 1. The monoisotopic (exact) mass is 242 g/mol. The van der Waals surface area contributed by atoms with Crippen LogP contribution in [0.2, 0.25) is 0 Å². The molecule has 0 saturated carbocycles. The van der Waals surface area contributed by atoms with Gasteiger partial charge in [-0.3, -0.25) is 0 Å². The maximum absolute atomic E-state index is 11.8. The van der Waals surface area contributed by atoms with Crippen molar-refractivity contribution in [2.24, 2.45) is 0 Å². The van der Waals surface area contributed by atoms with Crippen molar-refractivity contribution in [3.05, 3.63) is 29.8 Å². The molecule has 0 spiro atoms. The SMILES string of the molecule is CCNCc1ccc(S(=O)(=O)N(C)C)cc1. The van der Waals surface area contributed by atoms with Crippen LogP contribution in [0.15, 0.2) is 29.2 Å². The van der Waals surface area contributed by atoms with Gasteiger partial charge in [0, 0.05) is 20.6 Å². The average Bonchev–Trinajstić information content (AvgIpc) is 2.26. The zero-order valence-corrected chi connectivity index (χ0v) is 10.7. The van der Waals surface area contributed by atoms with Gasteiger partial charge in [-0.05, 0) is 24.2 Å². The fraction of sp³-hybridized carbons (Fsp3) is 0.455. The number of sulfonamides is 1. The summed E-state index contributed by atoms with van der Waals surface area (Å²) in [4.78, 5) is 0.331. The Morgan fingerprint density at radius 3 is 2.19 bits per heavy atom. The van der Waals surface area contributed by atoms with Gasteiger partial charge in [0.2, 0.25) is 10.0 Å². The zero-order chi connectivity index (χ0) is 12.2. The molecule has 0 saturated heterocycles. The Labute approximate surface area is 97.3 Å². The molecule has 16 heavy (non-hydrogen) atoms. The van der Waals surface area contributed by atoms with Crippen LogP contribution in [0.3, 0.4) is 0 Å². The molecule has 0 fully saturated rings. The van der Waals surface area contributed by atoms with Crippen LogP contribution in [0.5, 0.6) is 0 Å². The maximum Gasteiger partial charge on any atom is 0.242 e. The quantitative estimate of drug-likeness (QED) is 0.839. The number of benzene rings is 1. The van der Waals surface area contributed by atoms with Crippen LogP contribution in [0.4, 0.5) is 0 Å². The summed E-state index contributed by atoms with van der Waals surface area (Å²) in [5.41, 5.74) is 1.08. The van der Waals surface area contributed by atoms with Gasteiger partial charge in [0.15, 0.2) is 0 Å². The standard InChI is InChI=1S/C11H18N2O2S/c1-4-12-9-10-5-7-11(8-6-10)16(14,15)13(2)3/h5-8,12H,4,9H2,1-3H3. The van der Waals surface area contributed by atoms with E-state index in [2.05, 4.69) is 5.32 Å². The third-order valence-electron chi connectivity index (χ3n) is 2.28. The second-order valence-corrected chi connectivity index (χ2v) is 5.86. The highest BCUT2D eigenvalue weighted by Crippen LogP contribution is 2.13.